The minimum atomic E-state index is -1.15. The number of halogens is 2. The van der Waals surface area contributed by atoms with Gasteiger partial charge in [-0.25, -0.2) is 8.78 Å². The quantitative estimate of drug-likeness (QED) is 0.922. The highest BCUT2D eigenvalue weighted by Crippen LogP contribution is 2.44. The maximum Gasteiger partial charge on any atom is 0.313 e. The largest absolute Gasteiger partial charge is 0.481 e. The lowest BCUT2D eigenvalue weighted by Crippen LogP contribution is -2.48. The van der Waals surface area contributed by atoms with Gasteiger partial charge in [0.1, 0.15) is 17.6 Å². The van der Waals surface area contributed by atoms with Crippen molar-refractivity contribution in [3.8, 4) is 0 Å². The first-order valence-electron chi connectivity index (χ1n) is 7.91. The molecule has 0 saturated heterocycles. The van der Waals surface area contributed by atoms with E-state index in [-0.39, 0.29) is 17.5 Å². The highest BCUT2D eigenvalue weighted by molar-refractivity contribution is 6.00. The second-order valence-corrected chi connectivity index (χ2v) is 6.36. The summed E-state index contributed by atoms with van der Waals surface area (Å²) in [6.45, 7) is 3.49. The number of aliphatic carboxylic acids is 1. The molecule has 4 nitrogen and oxygen atoms in total. The Morgan fingerprint density at radius 1 is 1.12 bits per heavy atom. The van der Waals surface area contributed by atoms with Crippen LogP contribution in [0, 0.1) is 11.6 Å². The Labute approximate surface area is 143 Å². The van der Waals surface area contributed by atoms with Gasteiger partial charge in [0.15, 0.2) is 0 Å². The van der Waals surface area contributed by atoms with Crippen LogP contribution < -0.4 is 0 Å². The molecule has 0 aromatic heterocycles. The highest BCUT2D eigenvalue weighted by atomic mass is 19.1. The van der Waals surface area contributed by atoms with Crippen molar-refractivity contribution in [3.05, 3.63) is 70.8 Å². The molecule has 0 aliphatic carbocycles. The van der Waals surface area contributed by atoms with Crippen LogP contribution in [0.2, 0.25) is 0 Å². The molecule has 1 N–H and O–H groups in total. The van der Waals surface area contributed by atoms with Gasteiger partial charge in [-0.1, -0.05) is 18.2 Å². The molecule has 2 unspecified atom stereocenters. The van der Waals surface area contributed by atoms with E-state index in [1.54, 1.807) is 38.1 Å². The van der Waals surface area contributed by atoms with E-state index in [0.717, 1.165) is 18.2 Å². The monoisotopic (exact) mass is 345 g/mol. The van der Waals surface area contributed by atoms with Gasteiger partial charge in [0.25, 0.3) is 5.91 Å². The number of carbonyl (C=O) groups excluding carboxylic acids is 1. The summed E-state index contributed by atoms with van der Waals surface area (Å²) < 4.78 is 27.5. The van der Waals surface area contributed by atoms with Gasteiger partial charge in [-0.05, 0) is 43.2 Å². The molecule has 0 spiro atoms. The number of hydrogen-bond donors (Lipinski definition) is 1. The maximum atomic E-state index is 13.7. The first kappa shape index (κ1) is 17.1. The number of carbonyl (C=O) groups is 2. The first-order valence-corrected chi connectivity index (χ1v) is 7.91. The zero-order valence-electron chi connectivity index (χ0n) is 13.7. The van der Waals surface area contributed by atoms with E-state index in [1.165, 1.54) is 4.90 Å². The van der Waals surface area contributed by atoms with Crippen molar-refractivity contribution in [2.75, 3.05) is 0 Å². The summed E-state index contributed by atoms with van der Waals surface area (Å²) >= 11 is 0. The van der Waals surface area contributed by atoms with E-state index >= 15 is 0 Å². The smallest absolute Gasteiger partial charge is 0.313 e. The molecular weight excluding hydrogens is 328 g/mol. The Morgan fingerprint density at radius 2 is 1.72 bits per heavy atom. The lowest BCUT2D eigenvalue weighted by Gasteiger charge is -2.43. The normalized spacial score (nSPS) is 19.9. The second kappa shape index (κ2) is 6.27. The van der Waals surface area contributed by atoms with Crippen LogP contribution in [0.1, 0.15) is 47.3 Å². The van der Waals surface area contributed by atoms with Gasteiger partial charge in [-0.15, -0.1) is 0 Å². The summed E-state index contributed by atoms with van der Waals surface area (Å²) in [4.78, 5) is 26.3. The molecule has 2 atom stereocenters. The summed E-state index contributed by atoms with van der Waals surface area (Å²) in [5, 5.41) is 9.82. The van der Waals surface area contributed by atoms with Gasteiger partial charge in [0.05, 0.1) is 6.04 Å². The Hall–Kier alpha value is -2.76. The van der Waals surface area contributed by atoms with Gasteiger partial charge in [0, 0.05) is 17.7 Å². The fraction of sp³-hybridized carbons (Fsp3) is 0.263. The zero-order chi connectivity index (χ0) is 18.3. The Balaban J connectivity index is 2.28. The minimum Gasteiger partial charge on any atom is -0.481 e. The van der Waals surface area contributed by atoms with Crippen LogP contribution in [-0.2, 0) is 4.79 Å². The second-order valence-electron chi connectivity index (χ2n) is 6.36. The van der Waals surface area contributed by atoms with Crippen molar-refractivity contribution >= 4 is 11.9 Å². The minimum absolute atomic E-state index is 0.126. The molecule has 0 saturated carbocycles. The third kappa shape index (κ3) is 2.88. The molecule has 1 aliphatic heterocycles. The fourth-order valence-electron chi connectivity index (χ4n) is 3.48. The summed E-state index contributed by atoms with van der Waals surface area (Å²) in [6, 6.07) is 8.01. The van der Waals surface area contributed by atoms with Gasteiger partial charge in [-0.2, -0.15) is 0 Å². The molecule has 25 heavy (non-hydrogen) atoms. The summed E-state index contributed by atoms with van der Waals surface area (Å²) in [5.41, 5.74) is 0.782. The number of carboxylic acid groups (broad SMARTS) is 1. The molecule has 1 amide bonds. The molecule has 130 valence electrons. The molecule has 1 heterocycles. The van der Waals surface area contributed by atoms with Crippen LogP contribution in [0.3, 0.4) is 0 Å². The molecule has 0 fully saturated rings. The van der Waals surface area contributed by atoms with E-state index in [0.29, 0.717) is 11.1 Å². The van der Waals surface area contributed by atoms with Crippen LogP contribution in [0.4, 0.5) is 8.78 Å². The van der Waals surface area contributed by atoms with E-state index in [9.17, 15) is 23.5 Å². The Morgan fingerprint density at radius 3 is 2.28 bits per heavy atom. The van der Waals surface area contributed by atoms with Gasteiger partial charge < -0.3 is 10.0 Å². The van der Waals surface area contributed by atoms with Gasteiger partial charge in [0.2, 0.25) is 0 Å². The number of rotatable bonds is 3. The van der Waals surface area contributed by atoms with E-state index in [4.69, 9.17) is 0 Å². The zero-order valence-corrected chi connectivity index (χ0v) is 13.7. The van der Waals surface area contributed by atoms with Crippen LogP contribution in [0.15, 0.2) is 42.5 Å². The van der Waals surface area contributed by atoms with Crippen molar-refractivity contribution in [2.45, 2.75) is 31.8 Å². The van der Waals surface area contributed by atoms with Gasteiger partial charge >= 0.3 is 5.97 Å². The summed E-state index contributed by atoms with van der Waals surface area (Å²) in [7, 11) is 0. The predicted octanol–water partition coefficient (Wildman–Crippen LogP) is 3.74. The standard InChI is InChI=1S/C19H17F2NO3/c1-10(2)22-17(11-7-12(20)9-13(21)8-11)16(19(24)25)14-5-3-4-6-15(14)18(22)23/h3-10,16-17H,1-2H3,(H,24,25). The lowest BCUT2D eigenvalue weighted by atomic mass is 9.79. The Kier molecular flexibility index (Phi) is 4.29. The van der Waals surface area contributed by atoms with Crippen molar-refractivity contribution in [3.63, 3.8) is 0 Å². The van der Waals surface area contributed by atoms with Crippen molar-refractivity contribution in [2.24, 2.45) is 0 Å². The number of nitrogens with zero attached hydrogens (tertiary/aromatic N) is 1. The van der Waals surface area contributed by atoms with E-state index in [2.05, 4.69) is 0 Å². The lowest BCUT2D eigenvalue weighted by molar-refractivity contribution is -0.140. The first-order chi connectivity index (χ1) is 11.8. The Bertz CT molecular complexity index is 830. The van der Waals surface area contributed by atoms with E-state index < -0.39 is 29.6 Å². The van der Waals surface area contributed by atoms with E-state index in [1.807, 2.05) is 0 Å². The topological polar surface area (TPSA) is 57.6 Å². The fourth-order valence-corrected chi connectivity index (χ4v) is 3.48. The summed E-state index contributed by atoms with van der Waals surface area (Å²) in [6.07, 6.45) is 0. The third-order valence-electron chi connectivity index (χ3n) is 4.42. The molecular formula is C19H17F2NO3. The maximum absolute atomic E-state index is 13.7. The molecule has 0 bridgehead atoms. The molecule has 3 rings (SSSR count). The SMILES string of the molecule is CC(C)N1C(=O)c2ccccc2C(C(=O)O)C1c1cc(F)cc(F)c1. The van der Waals surface area contributed by atoms with Crippen LogP contribution >= 0.6 is 0 Å². The van der Waals surface area contributed by atoms with Crippen LogP contribution in [0.25, 0.3) is 0 Å². The van der Waals surface area contributed by atoms with Gasteiger partial charge in [-0.3, -0.25) is 9.59 Å². The molecule has 1 aliphatic rings. The third-order valence-corrected chi connectivity index (χ3v) is 4.42. The molecule has 0 radical (unpaired) electrons. The average molecular weight is 345 g/mol. The van der Waals surface area contributed by atoms with Crippen molar-refractivity contribution < 1.29 is 23.5 Å². The number of hydrogen-bond acceptors (Lipinski definition) is 2. The predicted molar refractivity (Wildman–Crippen MR) is 87.2 cm³/mol. The van der Waals surface area contributed by atoms with Crippen molar-refractivity contribution in [1.29, 1.82) is 0 Å². The molecule has 2 aromatic rings. The van der Waals surface area contributed by atoms with Crippen LogP contribution in [0.5, 0.6) is 0 Å². The number of benzene rings is 2. The molecule has 2 aromatic carbocycles. The van der Waals surface area contributed by atoms with Crippen molar-refractivity contribution in [1.82, 2.24) is 4.90 Å². The highest BCUT2D eigenvalue weighted by Gasteiger charge is 2.45. The van der Waals surface area contributed by atoms with Crippen LogP contribution in [-0.4, -0.2) is 27.9 Å². The summed E-state index contributed by atoms with van der Waals surface area (Å²) in [5.74, 6) is -4.24. The number of fused-ring (bicyclic) bond motifs is 1. The number of amides is 1. The average Bonchev–Trinajstić information content (AvgIpc) is 2.53. The molecule has 6 heteroatoms. The number of carboxylic acids is 1.